The summed E-state index contributed by atoms with van der Waals surface area (Å²) in [6.07, 6.45) is 2.78. The van der Waals surface area contributed by atoms with Gasteiger partial charge in [0.1, 0.15) is 5.15 Å². The number of hydrogen-bond acceptors (Lipinski definition) is 6. The Morgan fingerprint density at radius 2 is 2.14 bits per heavy atom. The van der Waals surface area contributed by atoms with E-state index in [2.05, 4.69) is 9.97 Å². The van der Waals surface area contributed by atoms with E-state index in [1.54, 1.807) is 0 Å². The molecule has 2 heterocycles. The Hall–Kier alpha value is -2.74. The number of non-ortho nitro benzene ring substituents is 1. The highest BCUT2D eigenvalue weighted by atomic mass is 35.5. The predicted octanol–water partition coefficient (Wildman–Crippen LogP) is 1.99. The zero-order valence-electron chi connectivity index (χ0n) is 10.4. The standard InChI is InChI=1S/C12H7ClN4O4/c13-11-5-14-7(4-15-11)6-16-9-3-8(17(19)20)1-2-10(9)21-12(16)18/h1-5H,6H2. The van der Waals surface area contributed by atoms with Crippen molar-refractivity contribution in [1.29, 1.82) is 0 Å². The number of nitrogens with zero attached hydrogens (tertiary/aromatic N) is 4. The fourth-order valence-corrected chi connectivity index (χ4v) is 1.99. The lowest BCUT2D eigenvalue weighted by Crippen LogP contribution is -2.15. The fourth-order valence-electron chi connectivity index (χ4n) is 1.90. The van der Waals surface area contributed by atoms with Gasteiger partial charge in [0.05, 0.1) is 35.1 Å². The summed E-state index contributed by atoms with van der Waals surface area (Å²) in [6.45, 7) is 0.0805. The summed E-state index contributed by atoms with van der Waals surface area (Å²) in [7, 11) is 0. The monoisotopic (exact) mass is 306 g/mol. The zero-order valence-corrected chi connectivity index (χ0v) is 11.1. The largest absolute Gasteiger partial charge is 0.420 e. The molecule has 106 valence electrons. The maximum Gasteiger partial charge on any atom is 0.420 e. The van der Waals surface area contributed by atoms with Crippen molar-refractivity contribution >= 4 is 28.4 Å². The van der Waals surface area contributed by atoms with Gasteiger partial charge in [-0.25, -0.2) is 9.78 Å². The quantitative estimate of drug-likeness (QED) is 0.541. The molecule has 3 aromatic rings. The average Bonchev–Trinajstić information content (AvgIpc) is 2.77. The molecule has 0 saturated heterocycles. The highest BCUT2D eigenvalue weighted by molar-refractivity contribution is 6.29. The van der Waals surface area contributed by atoms with E-state index in [0.717, 1.165) is 0 Å². The van der Waals surface area contributed by atoms with Crippen LogP contribution in [-0.2, 0) is 6.54 Å². The van der Waals surface area contributed by atoms with Crippen LogP contribution in [0.3, 0.4) is 0 Å². The van der Waals surface area contributed by atoms with Gasteiger partial charge >= 0.3 is 5.76 Å². The minimum atomic E-state index is -0.623. The third-order valence-electron chi connectivity index (χ3n) is 2.86. The Bertz CT molecular complexity index is 884. The van der Waals surface area contributed by atoms with Crippen molar-refractivity contribution < 1.29 is 9.34 Å². The molecule has 21 heavy (non-hydrogen) atoms. The number of fused-ring (bicyclic) bond motifs is 1. The van der Waals surface area contributed by atoms with Crippen LogP contribution < -0.4 is 5.76 Å². The Balaban J connectivity index is 2.10. The fraction of sp³-hybridized carbons (Fsp3) is 0.0833. The van der Waals surface area contributed by atoms with Crippen molar-refractivity contribution in [1.82, 2.24) is 14.5 Å². The smallest absolute Gasteiger partial charge is 0.408 e. The van der Waals surface area contributed by atoms with Crippen molar-refractivity contribution in [3.05, 3.63) is 62.1 Å². The maximum atomic E-state index is 11.8. The summed E-state index contributed by atoms with van der Waals surface area (Å²) in [5.41, 5.74) is 0.952. The molecule has 0 unspecified atom stereocenters. The first kappa shape index (κ1) is 13.3. The lowest BCUT2D eigenvalue weighted by Gasteiger charge is -2.01. The van der Waals surface area contributed by atoms with Crippen LogP contribution in [0.5, 0.6) is 0 Å². The second-order valence-electron chi connectivity index (χ2n) is 4.19. The number of nitro groups is 1. The van der Waals surface area contributed by atoms with E-state index in [1.165, 1.54) is 35.2 Å². The second kappa shape index (κ2) is 4.98. The van der Waals surface area contributed by atoms with Gasteiger partial charge in [-0.2, -0.15) is 0 Å². The van der Waals surface area contributed by atoms with Crippen molar-refractivity contribution in [2.75, 3.05) is 0 Å². The number of hydrogen-bond donors (Lipinski definition) is 0. The highest BCUT2D eigenvalue weighted by Gasteiger charge is 2.14. The third kappa shape index (κ3) is 2.48. The molecule has 0 atom stereocenters. The molecule has 2 aromatic heterocycles. The van der Waals surface area contributed by atoms with E-state index >= 15 is 0 Å². The van der Waals surface area contributed by atoms with Crippen LogP contribution in [0.2, 0.25) is 5.15 Å². The maximum absolute atomic E-state index is 11.8. The summed E-state index contributed by atoms with van der Waals surface area (Å²) < 4.78 is 6.29. The molecule has 8 nitrogen and oxygen atoms in total. The number of aromatic nitrogens is 3. The van der Waals surface area contributed by atoms with E-state index < -0.39 is 10.7 Å². The van der Waals surface area contributed by atoms with Crippen LogP contribution in [0.15, 0.2) is 39.8 Å². The van der Waals surface area contributed by atoms with Gasteiger partial charge in [-0.1, -0.05) is 11.6 Å². The topological polar surface area (TPSA) is 104 Å². The van der Waals surface area contributed by atoms with Gasteiger partial charge in [0.2, 0.25) is 0 Å². The number of oxazole rings is 1. The normalized spacial score (nSPS) is 10.9. The predicted molar refractivity (Wildman–Crippen MR) is 73.3 cm³/mol. The van der Waals surface area contributed by atoms with Gasteiger partial charge in [-0.3, -0.25) is 19.7 Å². The van der Waals surface area contributed by atoms with Gasteiger partial charge in [-0.05, 0) is 6.07 Å². The summed E-state index contributed by atoms with van der Waals surface area (Å²) in [4.78, 5) is 30.0. The molecular weight excluding hydrogens is 300 g/mol. The molecule has 0 bridgehead atoms. The van der Waals surface area contributed by atoms with Crippen LogP contribution >= 0.6 is 11.6 Å². The van der Waals surface area contributed by atoms with Crippen molar-refractivity contribution in [3.8, 4) is 0 Å². The Morgan fingerprint density at radius 3 is 2.81 bits per heavy atom. The minimum Gasteiger partial charge on any atom is -0.408 e. The highest BCUT2D eigenvalue weighted by Crippen LogP contribution is 2.20. The molecule has 0 aliphatic heterocycles. The zero-order chi connectivity index (χ0) is 15.0. The first-order chi connectivity index (χ1) is 10.0. The molecule has 0 amide bonds. The van der Waals surface area contributed by atoms with Crippen LogP contribution in [0.4, 0.5) is 5.69 Å². The molecule has 0 radical (unpaired) electrons. The van der Waals surface area contributed by atoms with Crippen LogP contribution in [0.25, 0.3) is 11.1 Å². The van der Waals surface area contributed by atoms with Crippen LogP contribution in [0.1, 0.15) is 5.69 Å². The summed E-state index contributed by atoms with van der Waals surface area (Å²) in [5, 5.41) is 11.0. The molecule has 9 heteroatoms. The van der Waals surface area contributed by atoms with Crippen molar-refractivity contribution in [2.45, 2.75) is 6.54 Å². The van der Waals surface area contributed by atoms with Crippen molar-refractivity contribution in [2.24, 2.45) is 0 Å². The first-order valence-electron chi connectivity index (χ1n) is 5.79. The van der Waals surface area contributed by atoms with Crippen LogP contribution in [0, 0.1) is 10.1 Å². The van der Waals surface area contributed by atoms with Gasteiger partial charge in [0, 0.05) is 12.1 Å². The molecule has 1 aromatic carbocycles. The number of rotatable bonds is 3. The molecule has 0 N–H and O–H groups in total. The summed E-state index contributed by atoms with van der Waals surface area (Å²) in [5.74, 6) is -0.623. The van der Waals surface area contributed by atoms with E-state index in [1.807, 2.05) is 0 Å². The average molecular weight is 307 g/mol. The number of halogens is 1. The van der Waals surface area contributed by atoms with E-state index in [0.29, 0.717) is 11.2 Å². The van der Waals surface area contributed by atoms with Gasteiger partial charge in [-0.15, -0.1) is 0 Å². The van der Waals surface area contributed by atoms with Gasteiger partial charge in [0.15, 0.2) is 5.58 Å². The van der Waals surface area contributed by atoms with Gasteiger partial charge < -0.3 is 4.42 Å². The third-order valence-corrected chi connectivity index (χ3v) is 3.05. The SMILES string of the molecule is O=c1oc2ccc([N+](=O)[O-])cc2n1Cc1cnc(Cl)cn1. The van der Waals surface area contributed by atoms with Crippen LogP contribution in [-0.4, -0.2) is 19.5 Å². The minimum absolute atomic E-state index is 0.0805. The molecule has 0 spiro atoms. The lowest BCUT2D eigenvalue weighted by atomic mass is 10.3. The summed E-state index contributed by atoms with van der Waals surface area (Å²) in [6, 6.07) is 3.94. The molecule has 0 saturated carbocycles. The second-order valence-corrected chi connectivity index (χ2v) is 4.58. The molecular formula is C12H7ClN4O4. The number of nitro benzene ring substituents is 1. The Labute approximate surface area is 121 Å². The van der Waals surface area contributed by atoms with Gasteiger partial charge in [0.25, 0.3) is 5.69 Å². The molecule has 0 aliphatic carbocycles. The van der Waals surface area contributed by atoms with Crippen molar-refractivity contribution in [3.63, 3.8) is 0 Å². The first-order valence-corrected chi connectivity index (χ1v) is 6.16. The summed E-state index contributed by atoms with van der Waals surface area (Å²) >= 11 is 5.64. The lowest BCUT2D eigenvalue weighted by molar-refractivity contribution is -0.384. The molecule has 0 aliphatic rings. The Morgan fingerprint density at radius 1 is 1.33 bits per heavy atom. The molecule has 3 rings (SSSR count). The van der Waals surface area contributed by atoms with E-state index in [4.69, 9.17) is 16.0 Å². The Kier molecular flexibility index (Phi) is 3.15. The van der Waals surface area contributed by atoms with E-state index in [-0.39, 0.29) is 23.0 Å². The molecule has 0 fully saturated rings. The number of benzene rings is 1. The van der Waals surface area contributed by atoms with E-state index in [9.17, 15) is 14.9 Å².